The maximum atomic E-state index is 12.1. The van der Waals surface area contributed by atoms with E-state index in [9.17, 15) is 14.9 Å². The second kappa shape index (κ2) is 6.53. The van der Waals surface area contributed by atoms with Gasteiger partial charge < -0.3 is 0 Å². The number of thiol groups is 1. The second-order valence-electron chi connectivity index (χ2n) is 4.55. The average Bonchev–Trinajstić information content (AvgIpc) is 2.49. The third-order valence-corrected chi connectivity index (χ3v) is 3.37. The summed E-state index contributed by atoms with van der Waals surface area (Å²) < 4.78 is 1.42. The number of nitro benzene ring substituents is 1. The van der Waals surface area contributed by atoms with E-state index < -0.39 is 4.92 Å². The molecule has 6 nitrogen and oxygen atoms in total. The summed E-state index contributed by atoms with van der Waals surface area (Å²) in [6, 6.07) is 7.79. The zero-order chi connectivity index (χ0) is 15.4. The monoisotopic (exact) mass is 305 g/mol. The maximum absolute atomic E-state index is 12.1. The van der Waals surface area contributed by atoms with Crippen molar-refractivity contribution in [2.45, 2.75) is 25.6 Å². The number of hydrogen-bond acceptors (Lipinski definition) is 5. The molecule has 0 radical (unpaired) electrons. The molecule has 0 bridgehead atoms. The van der Waals surface area contributed by atoms with Crippen LogP contribution < -0.4 is 5.56 Å². The van der Waals surface area contributed by atoms with Gasteiger partial charge in [0.15, 0.2) is 0 Å². The molecule has 7 heteroatoms. The minimum atomic E-state index is -0.450. The molecule has 0 saturated carbocycles. The van der Waals surface area contributed by atoms with Crippen LogP contribution in [0, 0.1) is 10.1 Å². The molecule has 0 aliphatic heterocycles. The molecule has 0 saturated heterocycles. The van der Waals surface area contributed by atoms with Crippen LogP contribution in [-0.4, -0.2) is 14.7 Å². The normalized spacial score (nSPS) is 10.6. The molecule has 110 valence electrons. The van der Waals surface area contributed by atoms with Crippen LogP contribution >= 0.6 is 12.6 Å². The smallest absolute Gasteiger partial charge is 0.267 e. The molecule has 0 atom stereocenters. The van der Waals surface area contributed by atoms with E-state index in [1.165, 1.54) is 16.8 Å². The Morgan fingerprint density at radius 2 is 2.00 bits per heavy atom. The molecule has 0 N–H and O–H groups in total. The van der Waals surface area contributed by atoms with Gasteiger partial charge in [-0.1, -0.05) is 6.92 Å². The summed E-state index contributed by atoms with van der Waals surface area (Å²) in [5.41, 5.74) is 1.79. The minimum Gasteiger partial charge on any atom is -0.267 e. The molecule has 1 aromatic carbocycles. The van der Waals surface area contributed by atoms with Crippen LogP contribution in [0.5, 0.6) is 0 Å². The fourth-order valence-corrected chi connectivity index (χ4v) is 2.20. The predicted octanol–water partition coefficient (Wildman–Crippen LogP) is 2.66. The summed E-state index contributed by atoms with van der Waals surface area (Å²) in [4.78, 5) is 22.3. The minimum absolute atomic E-state index is 0.0232. The van der Waals surface area contributed by atoms with E-state index in [4.69, 9.17) is 0 Å². The fraction of sp³-hybridized carbons (Fsp3) is 0.286. The third-order valence-electron chi connectivity index (χ3n) is 3.03. The maximum Gasteiger partial charge on any atom is 0.270 e. The summed E-state index contributed by atoms with van der Waals surface area (Å²) in [7, 11) is 0. The molecule has 0 aliphatic carbocycles. The van der Waals surface area contributed by atoms with Gasteiger partial charge in [0.25, 0.3) is 11.2 Å². The van der Waals surface area contributed by atoms with Crippen molar-refractivity contribution >= 4 is 18.3 Å². The van der Waals surface area contributed by atoms with Crippen molar-refractivity contribution in [3.8, 4) is 11.3 Å². The molecule has 2 rings (SSSR count). The highest BCUT2D eigenvalue weighted by molar-refractivity contribution is 7.79. The van der Waals surface area contributed by atoms with Crippen LogP contribution in [0.3, 0.4) is 0 Å². The Kier molecular flexibility index (Phi) is 4.74. The van der Waals surface area contributed by atoms with Crippen LogP contribution in [0.15, 0.2) is 35.1 Å². The number of benzene rings is 1. The SMILES string of the molecule is CCCn1nc(-c2ccc([N+](=O)[O-])cc2)cc(CS)c1=O. The van der Waals surface area contributed by atoms with Gasteiger partial charge in [0.1, 0.15) is 0 Å². The molecule has 1 aromatic heterocycles. The number of nitro groups is 1. The molecule has 0 spiro atoms. The van der Waals surface area contributed by atoms with Gasteiger partial charge >= 0.3 is 0 Å². The molecule has 0 aliphatic rings. The molecule has 0 amide bonds. The lowest BCUT2D eigenvalue weighted by Gasteiger charge is -2.09. The average molecular weight is 305 g/mol. The summed E-state index contributed by atoms with van der Waals surface area (Å²) >= 11 is 4.17. The first-order valence-corrected chi connectivity index (χ1v) is 7.16. The summed E-state index contributed by atoms with van der Waals surface area (Å²) in [6.45, 7) is 2.49. The van der Waals surface area contributed by atoms with E-state index in [0.717, 1.165) is 12.0 Å². The Bertz CT molecular complexity index is 710. The zero-order valence-corrected chi connectivity index (χ0v) is 12.4. The number of rotatable bonds is 5. The van der Waals surface area contributed by atoms with Crippen LogP contribution in [0.2, 0.25) is 0 Å². The molecule has 21 heavy (non-hydrogen) atoms. The van der Waals surface area contributed by atoms with Gasteiger partial charge in [-0.2, -0.15) is 17.7 Å². The van der Waals surface area contributed by atoms with E-state index in [1.54, 1.807) is 18.2 Å². The van der Waals surface area contributed by atoms with Crippen molar-refractivity contribution < 1.29 is 4.92 Å². The summed E-state index contributed by atoms with van der Waals surface area (Å²) in [5, 5.41) is 15.0. The Morgan fingerprint density at radius 3 is 2.52 bits per heavy atom. The lowest BCUT2D eigenvalue weighted by Crippen LogP contribution is -2.26. The van der Waals surface area contributed by atoms with Crippen molar-refractivity contribution in [2.24, 2.45) is 0 Å². The number of hydrogen-bond donors (Lipinski definition) is 1. The standard InChI is InChI=1S/C14H15N3O3S/c1-2-7-16-14(18)11(9-21)8-13(15-16)10-3-5-12(6-4-10)17(19)20/h3-6,8,21H,2,7,9H2,1H3. The van der Waals surface area contributed by atoms with Crippen LogP contribution in [0.4, 0.5) is 5.69 Å². The van der Waals surface area contributed by atoms with Gasteiger partial charge in [0.05, 0.1) is 10.6 Å². The van der Waals surface area contributed by atoms with Gasteiger partial charge in [0, 0.05) is 35.6 Å². The van der Waals surface area contributed by atoms with Gasteiger partial charge in [-0.05, 0) is 24.6 Å². The van der Waals surface area contributed by atoms with Crippen molar-refractivity contribution in [3.05, 3.63) is 56.4 Å². The van der Waals surface area contributed by atoms with Gasteiger partial charge in [0.2, 0.25) is 0 Å². The van der Waals surface area contributed by atoms with E-state index in [1.807, 2.05) is 6.92 Å². The lowest BCUT2D eigenvalue weighted by molar-refractivity contribution is -0.384. The van der Waals surface area contributed by atoms with Crippen molar-refractivity contribution in [1.82, 2.24) is 9.78 Å². The van der Waals surface area contributed by atoms with Gasteiger partial charge in [-0.15, -0.1) is 0 Å². The van der Waals surface area contributed by atoms with Crippen LogP contribution in [0.1, 0.15) is 18.9 Å². The van der Waals surface area contributed by atoms with Gasteiger partial charge in [-0.3, -0.25) is 14.9 Å². The summed E-state index contributed by atoms with van der Waals surface area (Å²) in [6.07, 6.45) is 0.794. The number of non-ortho nitro benzene ring substituents is 1. The second-order valence-corrected chi connectivity index (χ2v) is 4.86. The van der Waals surface area contributed by atoms with Crippen LogP contribution in [-0.2, 0) is 12.3 Å². The Balaban J connectivity index is 2.50. The molecule has 0 unspecified atom stereocenters. The number of aromatic nitrogens is 2. The fourth-order valence-electron chi connectivity index (χ4n) is 1.97. The first-order valence-electron chi connectivity index (χ1n) is 6.53. The summed E-state index contributed by atoms with van der Waals surface area (Å²) in [5.74, 6) is 0.324. The zero-order valence-electron chi connectivity index (χ0n) is 11.5. The molecular formula is C14H15N3O3S. The highest BCUT2D eigenvalue weighted by Gasteiger charge is 2.10. The van der Waals surface area contributed by atoms with E-state index in [2.05, 4.69) is 17.7 Å². The predicted molar refractivity (Wildman–Crippen MR) is 83.6 cm³/mol. The Morgan fingerprint density at radius 1 is 1.33 bits per heavy atom. The lowest BCUT2D eigenvalue weighted by atomic mass is 10.1. The van der Waals surface area contributed by atoms with E-state index in [0.29, 0.717) is 23.6 Å². The van der Waals surface area contributed by atoms with Crippen molar-refractivity contribution in [3.63, 3.8) is 0 Å². The topological polar surface area (TPSA) is 78.0 Å². The highest BCUT2D eigenvalue weighted by atomic mass is 32.1. The van der Waals surface area contributed by atoms with Crippen molar-refractivity contribution in [2.75, 3.05) is 0 Å². The number of nitrogens with zero attached hydrogens (tertiary/aromatic N) is 3. The van der Waals surface area contributed by atoms with Crippen molar-refractivity contribution in [1.29, 1.82) is 0 Å². The molecule has 1 heterocycles. The highest BCUT2D eigenvalue weighted by Crippen LogP contribution is 2.20. The molecule has 0 fully saturated rings. The molecular weight excluding hydrogens is 290 g/mol. The number of aryl methyl sites for hydroxylation is 1. The largest absolute Gasteiger partial charge is 0.270 e. The molecule has 2 aromatic rings. The quantitative estimate of drug-likeness (QED) is 0.523. The first kappa shape index (κ1) is 15.2. The first-order chi connectivity index (χ1) is 10.1. The van der Waals surface area contributed by atoms with Crippen LogP contribution in [0.25, 0.3) is 11.3 Å². The Hall–Kier alpha value is -2.15. The Labute approximate surface area is 127 Å². The van der Waals surface area contributed by atoms with E-state index >= 15 is 0 Å². The van der Waals surface area contributed by atoms with Gasteiger partial charge in [-0.25, -0.2) is 4.68 Å². The third kappa shape index (κ3) is 3.30. The van der Waals surface area contributed by atoms with E-state index in [-0.39, 0.29) is 11.2 Å².